The van der Waals surface area contributed by atoms with E-state index in [0.29, 0.717) is 33.8 Å². The molecule has 1 saturated heterocycles. The number of aryl methyl sites for hydroxylation is 1. The first-order valence-electron chi connectivity index (χ1n) is 10.7. The lowest BCUT2D eigenvalue weighted by Gasteiger charge is -2.37. The van der Waals surface area contributed by atoms with E-state index in [2.05, 4.69) is 17.5 Å². The summed E-state index contributed by atoms with van der Waals surface area (Å²) >= 11 is 6.08. The van der Waals surface area contributed by atoms with Gasteiger partial charge in [-0.3, -0.25) is 14.4 Å². The quantitative estimate of drug-likeness (QED) is 0.575. The molecule has 7 rings (SSSR count). The van der Waals surface area contributed by atoms with Gasteiger partial charge in [-0.15, -0.1) is 0 Å². The van der Waals surface area contributed by atoms with Crippen molar-refractivity contribution >= 4 is 40.7 Å². The molecule has 1 heterocycles. The third kappa shape index (κ3) is 2.66. The molecule has 3 amide bonds. The minimum absolute atomic E-state index is 0.150. The predicted octanol–water partition coefficient (Wildman–Crippen LogP) is 4.46. The first-order valence-corrected chi connectivity index (χ1v) is 11.1. The first-order chi connectivity index (χ1) is 15.0. The third-order valence-corrected chi connectivity index (χ3v) is 7.74. The zero-order valence-electron chi connectivity index (χ0n) is 16.9. The van der Waals surface area contributed by atoms with Crippen LogP contribution in [-0.2, 0) is 9.59 Å². The van der Waals surface area contributed by atoms with E-state index >= 15 is 0 Å². The summed E-state index contributed by atoms with van der Waals surface area (Å²) in [6.07, 6.45) is 5.41. The Kier molecular flexibility index (Phi) is 3.97. The monoisotopic (exact) mass is 432 g/mol. The van der Waals surface area contributed by atoms with Gasteiger partial charge in [-0.25, -0.2) is 4.90 Å². The Balaban J connectivity index is 1.35. The highest BCUT2D eigenvalue weighted by atomic mass is 35.5. The van der Waals surface area contributed by atoms with Gasteiger partial charge in [0.2, 0.25) is 11.8 Å². The van der Waals surface area contributed by atoms with Crippen LogP contribution in [0.25, 0.3) is 0 Å². The van der Waals surface area contributed by atoms with Crippen LogP contribution in [0.15, 0.2) is 54.6 Å². The molecule has 5 aliphatic rings. The van der Waals surface area contributed by atoms with Crippen LogP contribution < -0.4 is 10.2 Å². The van der Waals surface area contributed by atoms with Crippen molar-refractivity contribution in [1.29, 1.82) is 0 Å². The summed E-state index contributed by atoms with van der Waals surface area (Å²) in [5.41, 5.74) is 2.13. The lowest BCUT2D eigenvalue weighted by Crippen LogP contribution is -2.40. The van der Waals surface area contributed by atoms with Gasteiger partial charge in [0, 0.05) is 10.7 Å². The lowest BCUT2D eigenvalue weighted by molar-refractivity contribution is -0.124. The highest BCUT2D eigenvalue weighted by Crippen LogP contribution is 2.65. The number of anilines is 2. The van der Waals surface area contributed by atoms with E-state index in [0.717, 1.165) is 12.0 Å². The summed E-state index contributed by atoms with van der Waals surface area (Å²) in [7, 11) is 0. The maximum atomic E-state index is 13.5. The maximum absolute atomic E-state index is 13.5. The second-order valence-corrected chi connectivity index (χ2v) is 9.53. The van der Waals surface area contributed by atoms with Crippen molar-refractivity contribution in [3.63, 3.8) is 0 Å². The summed E-state index contributed by atoms with van der Waals surface area (Å²) in [5, 5.41) is 3.40. The summed E-state index contributed by atoms with van der Waals surface area (Å²) in [6, 6.07) is 12.1. The van der Waals surface area contributed by atoms with Gasteiger partial charge in [0.1, 0.15) is 0 Å². The number of halogens is 1. The maximum Gasteiger partial charge on any atom is 0.257 e. The minimum atomic E-state index is -0.375. The molecule has 2 saturated carbocycles. The summed E-state index contributed by atoms with van der Waals surface area (Å²) in [5.74, 6) is 0.0796. The Hall–Kier alpha value is -2.92. The molecule has 156 valence electrons. The van der Waals surface area contributed by atoms with E-state index < -0.39 is 0 Å². The van der Waals surface area contributed by atoms with E-state index in [1.807, 2.05) is 13.0 Å². The highest BCUT2D eigenvalue weighted by molar-refractivity contribution is 6.31. The minimum Gasteiger partial charge on any atom is -0.322 e. The molecule has 4 aliphatic carbocycles. The number of allylic oxidation sites excluding steroid dienone is 2. The molecule has 2 aromatic carbocycles. The smallest absolute Gasteiger partial charge is 0.257 e. The van der Waals surface area contributed by atoms with E-state index in [4.69, 9.17) is 11.6 Å². The van der Waals surface area contributed by atoms with Crippen molar-refractivity contribution < 1.29 is 14.4 Å². The van der Waals surface area contributed by atoms with Gasteiger partial charge < -0.3 is 5.32 Å². The van der Waals surface area contributed by atoms with E-state index in [1.54, 1.807) is 36.4 Å². The van der Waals surface area contributed by atoms with Crippen LogP contribution in [0, 0.1) is 42.4 Å². The van der Waals surface area contributed by atoms with Crippen LogP contribution in [-0.4, -0.2) is 17.7 Å². The summed E-state index contributed by atoms with van der Waals surface area (Å²) in [4.78, 5) is 41.4. The first kappa shape index (κ1) is 18.8. The molecule has 1 N–H and O–H groups in total. The molecule has 6 heteroatoms. The van der Waals surface area contributed by atoms with Gasteiger partial charge in [-0.1, -0.05) is 42.0 Å². The Morgan fingerprint density at radius 1 is 1.00 bits per heavy atom. The van der Waals surface area contributed by atoms with Gasteiger partial charge in [-0.2, -0.15) is 0 Å². The largest absolute Gasteiger partial charge is 0.322 e. The molecule has 1 aliphatic heterocycles. The fourth-order valence-electron chi connectivity index (χ4n) is 5.97. The average Bonchev–Trinajstić information content (AvgIpc) is 3.54. The number of nitrogens with one attached hydrogen (secondary N) is 1. The zero-order chi connectivity index (χ0) is 21.4. The number of carbonyl (C=O) groups is 3. The molecule has 0 spiro atoms. The molecule has 3 fully saturated rings. The normalized spacial score (nSPS) is 32.1. The van der Waals surface area contributed by atoms with Crippen molar-refractivity contribution in [2.45, 2.75) is 13.3 Å². The van der Waals surface area contributed by atoms with Crippen molar-refractivity contribution in [3.05, 3.63) is 70.8 Å². The molecule has 0 aromatic heterocycles. The summed E-state index contributed by atoms with van der Waals surface area (Å²) < 4.78 is 0. The molecule has 2 aromatic rings. The van der Waals surface area contributed by atoms with E-state index in [-0.39, 0.29) is 41.4 Å². The highest BCUT2D eigenvalue weighted by Gasteiger charge is 2.67. The van der Waals surface area contributed by atoms with Crippen molar-refractivity contribution in [2.24, 2.45) is 35.5 Å². The second kappa shape index (κ2) is 6.54. The van der Waals surface area contributed by atoms with Crippen LogP contribution in [0.3, 0.4) is 0 Å². The fourth-order valence-corrected chi connectivity index (χ4v) is 6.15. The van der Waals surface area contributed by atoms with Crippen molar-refractivity contribution in [2.75, 3.05) is 10.2 Å². The number of nitrogens with zero attached hydrogens (tertiary/aromatic N) is 1. The van der Waals surface area contributed by atoms with Crippen LogP contribution in [0.1, 0.15) is 22.3 Å². The van der Waals surface area contributed by atoms with Gasteiger partial charge >= 0.3 is 0 Å². The van der Waals surface area contributed by atoms with E-state index in [1.165, 1.54) is 4.90 Å². The Bertz CT molecular complexity index is 1150. The Labute approximate surface area is 185 Å². The fraction of sp³-hybridized carbons (Fsp3) is 0.320. The molecule has 2 bridgehead atoms. The molecule has 5 nitrogen and oxygen atoms in total. The standard InChI is InChI=1S/C25H21ClN2O3/c1-12-6-7-13(26)10-19(12)27-23(29)16-4-2-3-5-20(16)28-24(30)21-14-8-9-15(18-11-17(14)18)22(21)25(28)31/h2-10,14-15,17-18,21-22H,11H2,1H3,(H,27,29)/t14-,15-,17-,18+,21+,22+/m1/s1. The predicted molar refractivity (Wildman–Crippen MR) is 118 cm³/mol. The van der Waals surface area contributed by atoms with Gasteiger partial charge in [0.25, 0.3) is 5.91 Å². The Morgan fingerprint density at radius 3 is 2.32 bits per heavy atom. The van der Waals surface area contributed by atoms with Crippen LogP contribution in [0.5, 0.6) is 0 Å². The number of imide groups is 1. The second-order valence-electron chi connectivity index (χ2n) is 9.10. The third-order valence-electron chi connectivity index (χ3n) is 7.50. The topological polar surface area (TPSA) is 66.5 Å². The number of hydrogen-bond acceptors (Lipinski definition) is 3. The zero-order valence-corrected chi connectivity index (χ0v) is 17.7. The summed E-state index contributed by atoms with van der Waals surface area (Å²) in [6.45, 7) is 1.88. The van der Waals surface area contributed by atoms with E-state index in [9.17, 15) is 14.4 Å². The SMILES string of the molecule is Cc1ccc(Cl)cc1NC(=O)c1ccccc1N1C(=O)[C@H]2[C@@H]3C=C[C@H]([C@@H]4C[C@H]34)[C@@H]2C1=O. The molecular formula is C25H21ClN2O3. The van der Waals surface area contributed by atoms with Crippen molar-refractivity contribution in [1.82, 2.24) is 0 Å². The number of rotatable bonds is 3. The average molecular weight is 433 g/mol. The van der Waals surface area contributed by atoms with Gasteiger partial charge in [0.15, 0.2) is 0 Å². The number of benzene rings is 2. The molecular weight excluding hydrogens is 412 g/mol. The van der Waals surface area contributed by atoms with Crippen molar-refractivity contribution in [3.8, 4) is 0 Å². The number of carbonyl (C=O) groups excluding carboxylic acids is 3. The van der Waals surface area contributed by atoms with Gasteiger partial charge in [0.05, 0.1) is 23.1 Å². The molecule has 0 unspecified atom stereocenters. The number of amides is 3. The molecule has 0 radical (unpaired) electrons. The van der Waals surface area contributed by atoms with Crippen LogP contribution >= 0.6 is 11.6 Å². The molecule has 31 heavy (non-hydrogen) atoms. The number of hydrogen-bond donors (Lipinski definition) is 1. The lowest BCUT2D eigenvalue weighted by atomic mass is 9.63. The van der Waals surface area contributed by atoms with Crippen LogP contribution in [0.4, 0.5) is 11.4 Å². The Morgan fingerprint density at radius 2 is 1.65 bits per heavy atom. The van der Waals surface area contributed by atoms with Gasteiger partial charge in [-0.05, 0) is 66.8 Å². The molecule has 6 atom stereocenters. The number of para-hydroxylation sites is 1. The van der Waals surface area contributed by atoms with Crippen LogP contribution in [0.2, 0.25) is 5.02 Å².